The number of benzene rings is 1. The molecule has 1 aromatic carbocycles. The molecule has 0 atom stereocenters. The molecule has 104 valence electrons. The van der Waals surface area contributed by atoms with Crippen molar-refractivity contribution >= 4 is 5.78 Å². The molecule has 2 rings (SSSR count). The van der Waals surface area contributed by atoms with Gasteiger partial charge in [-0.3, -0.25) is 9.69 Å². The summed E-state index contributed by atoms with van der Waals surface area (Å²) >= 11 is 0. The molecular formula is C15H21NO3. The van der Waals surface area contributed by atoms with Crippen LogP contribution in [0, 0.1) is 0 Å². The second-order valence-corrected chi connectivity index (χ2v) is 4.83. The molecular weight excluding hydrogens is 242 g/mol. The number of ether oxygens (including phenoxy) is 2. The number of hydrogen-bond acceptors (Lipinski definition) is 4. The third-order valence-electron chi connectivity index (χ3n) is 3.13. The maximum atomic E-state index is 11.1. The van der Waals surface area contributed by atoms with Crippen molar-refractivity contribution in [3.8, 4) is 5.75 Å². The number of nitrogens with zero attached hydrogens (tertiary/aromatic N) is 1. The van der Waals surface area contributed by atoms with Crippen molar-refractivity contribution in [2.75, 3.05) is 39.5 Å². The third-order valence-corrected chi connectivity index (χ3v) is 3.13. The molecule has 1 aliphatic heterocycles. The lowest BCUT2D eigenvalue weighted by molar-refractivity contribution is -0.116. The van der Waals surface area contributed by atoms with E-state index in [2.05, 4.69) is 4.90 Å². The van der Waals surface area contributed by atoms with Gasteiger partial charge in [-0.2, -0.15) is 0 Å². The van der Waals surface area contributed by atoms with E-state index >= 15 is 0 Å². The molecule has 1 saturated heterocycles. The molecule has 0 unspecified atom stereocenters. The van der Waals surface area contributed by atoms with Crippen molar-refractivity contribution in [1.82, 2.24) is 4.90 Å². The minimum absolute atomic E-state index is 0.172. The number of Topliss-reactive ketones (excluding diaryl/α,β-unsaturated/α-hetero) is 1. The van der Waals surface area contributed by atoms with E-state index in [1.165, 1.54) is 0 Å². The summed E-state index contributed by atoms with van der Waals surface area (Å²) in [4.78, 5) is 13.4. The predicted octanol–water partition coefficient (Wildman–Crippen LogP) is 1.53. The molecule has 4 heteroatoms. The van der Waals surface area contributed by atoms with Crippen LogP contribution in [0.1, 0.15) is 12.5 Å². The van der Waals surface area contributed by atoms with Crippen molar-refractivity contribution in [3.63, 3.8) is 0 Å². The van der Waals surface area contributed by atoms with Crippen molar-refractivity contribution in [3.05, 3.63) is 29.8 Å². The molecule has 4 nitrogen and oxygen atoms in total. The zero-order chi connectivity index (χ0) is 13.5. The standard InChI is InChI=1S/C15H21NO3/c1-13(17)11-14-3-2-4-15(12-14)19-10-7-16-5-8-18-9-6-16/h2-4,12H,5-11H2,1H3. The second-order valence-electron chi connectivity index (χ2n) is 4.83. The van der Waals surface area contributed by atoms with Gasteiger partial charge in [0.1, 0.15) is 18.1 Å². The maximum absolute atomic E-state index is 11.1. The Labute approximate surface area is 114 Å². The van der Waals surface area contributed by atoms with Gasteiger partial charge in [-0.15, -0.1) is 0 Å². The lowest BCUT2D eigenvalue weighted by Crippen LogP contribution is -2.38. The molecule has 0 amide bonds. The average Bonchev–Trinajstić information content (AvgIpc) is 2.40. The highest BCUT2D eigenvalue weighted by Gasteiger charge is 2.09. The SMILES string of the molecule is CC(=O)Cc1cccc(OCCN2CCOCC2)c1. The Hall–Kier alpha value is -1.39. The van der Waals surface area contributed by atoms with E-state index in [1.54, 1.807) is 6.92 Å². The second kappa shape index (κ2) is 7.26. The highest BCUT2D eigenvalue weighted by Crippen LogP contribution is 2.14. The van der Waals surface area contributed by atoms with Crippen molar-refractivity contribution < 1.29 is 14.3 Å². The molecule has 19 heavy (non-hydrogen) atoms. The quantitative estimate of drug-likeness (QED) is 0.780. The number of carbonyl (C=O) groups is 1. The fourth-order valence-electron chi connectivity index (χ4n) is 2.15. The summed E-state index contributed by atoms with van der Waals surface area (Å²) in [5.41, 5.74) is 1.01. The normalized spacial score (nSPS) is 16.3. The first kappa shape index (κ1) is 14.0. The van der Waals surface area contributed by atoms with Gasteiger partial charge in [-0.05, 0) is 24.6 Å². The van der Waals surface area contributed by atoms with E-state index in [9.17, 15) is 4.79 Å². The number of hydrogen-bond donors (Lipinski definition) is 0. The summed E-state index contributed by atoms with van der Waals surface area (Å²) in [5.74, 6) is 1.01. The van der Waals surface area contributed by atoms with Crippen LogP contribution >= 0.6 is 0 Å². The Morgan fingerprint density at radius 3 is 2.89 bits per heavy atom. The van der Waals surface area contributed by atoms with Gasteiger partial charge in [-0.25, -0.2) is 0 Å². The molecule has 0 N–H and O–H groups in total. The number of ketones is 1. The van der Waals surface area contributed by atoms with Crippen LogP contribution in [0.5, 0.6) is 5.75 Å². The maximum Gasteiger partial charge on any atom is 0.134 e. The summed E-state index contributed by atoms with van der Waals surface area (Å²) in [6.45, 7) is 6.78. The zero-order valence-electron chi connectivity index (χ0n) is 11.4. The third kappa shape index (κ3) is 5.01. The van der Waals surface area contributed by atoms with Crippen LogP contribution in [-0.2, 0) is 16.0 Å². The molecule has 0 radical (unpaired) electrons. The summed E-state index contributed by atoms with van der Waals surface area (Å²) in [6, 6.07) is 7.77. The van der Waals surface area contributed by atoms with Gasteiger partial charge >= 0.3 is 0 Å². The molecule has 1 fully saturated rings. The summed E-state index contributed by atoms with van der Waals surface area (Å²) in [7, 11) is 0. The van der Waals surface area contributed by atoms with Crippen LogP contribution in [0.4, 0.5) is 0 Å². The minimum atomic E-state index is 0.172. The molecule has 0 aromatic heterocycles. The van der Waals surface area contributed by atoms with E-state index < -0.39 is 0 Å². The molecule has 0 saturated carbocycles. The molecule has 0 spiro atoms. The average molecular weight is 263 g/mol. The molecule has 1 aliphatic rings. The number of rotatable bonds is 6. The Morgan fingerprint density at radius 2 is 2.16 bits per heavy atom. The van der Waals surface area contributed by atoms with E-state index in [0.717, 1.165) is 44.2 Å². The topological polar surface area (TPSA) is 38.8 Å². The molecule has 0 aliphatic carbocycles. The summed E-state index contributed by atoms with van der Waals surface area (Å²) in [6.07, 6.45) is 0.473. The van der Waals surface area contributed by atoms with Crippen LogP contribution in [-0.4, -0.2) is 50.1 Å². The largest absolute Gasteiger partial charge is 0.492 e. The van der Waals surface area contributed by atoms with Crippen LogP contribution < -0.4 is 4.74 Å². The highest BCUT2D eigenvalue weighted by molar-refractivity contribution is 5.78. The Bertz CT molecular complexity index is 414. The zero-order valence-corrected chi connectivity index (χ0v) is 11.4. The van der Waals surface area contributed by atoms with Gasteiger partial charge in [-0.1, -0.05) is 12.1 Å². The number of carbonyl (C=O) groups excluding carboxylic acids is 1. The van der Waals surface area contributed by atoms with E-state index in [4.69, 9.17) is 9.47 Å². The van der Waals surface area contributed by atoms with Gasteiger partial charge in [0.25, 0.3) is 0 Å². The van der Waals surface area contributed by atoms with Gasteiger partial charge < -0.3 is 9.47 Å². The molecule has 1 heterocycles. The number of morpholine rings is 1. The Balaban J connectivity index is 1.77. The van der Waals surface area contributed by atoms with E-state index in [1.807, 2.05) is 24.3 Å². The lowest BCUT2D eigenvalue weighted by atomic mass is 10.1. The van der Waals surface area contributed by atoms with Gasteiger partial charge in [0.15, 0.2) is 0 Å². The fourth-order valence-corrected chi connectivity index (χ4v) is 2.15. The smallest absolute Gasteiger partial charge is 0.134 e. The first-order chi connectivity index (χ1) is 9.24. The van der Waals surface area contributed by atoms with Crippen molar-refractivity contribution in [2.45, 2.75) is 13.3 Å². The first-order valence-corrected chi connectivity index (χ1v) is 6.75. The molecule has 1 aromatic rings. The van der Waals surface area contributed by atoms with Gasteiger partial charge in [0.05, 0.1) is 13.2 Å². The monoisotopic (exact) mass is 263 g/mol. The molecule has 0 bridgehead atoms. The Morgan fingerprint density at radius 1 is 1.37 bits per heavy atom. The van der Waals surface area contributed by atoms with Crippen LogP contribution in [0.3, 0.4) is 0 Å². The summed E-state index contributed by atoms with van der Waals surface area (Å²) in [5, 5.41) is 0. The van der Waals surface area contributed by atoms with Crippen LogP contribution in [0.2, 0.25) is 0 Å². The lowest BCUT2D eigenvalue weighted by Gasteiger charge is -2.26. The van der Waals surface area contributed by atoms with Crippen molar-refractivity contribution in [1.29, 1.82) is 0 Å². The van der Waals surface area contributed by atoms with Gasteiger partial charge in [0, 0.05) is 26.1 Å². The van der Waals surface area contributed by atoms with Crippen LogP contribution in [0.15, 0.2) is 24.3 Å². The van der Waals surface area contributed by atoms with E-state index in [0.29, 0.717) is 13.0 Å². The highest BCUT2D eigenvalue weighted by atomic mass is 16.5. The van der Waals surface area contributed by atoms with Crippen molar-refractivity contribution in [2.24, 2.45) is 0 Å². The van der Waals surface area contributed by atoms with Crippen LogP contribution in [0.25, 0.3) is 0 Å². The Kier molecular flexibility index (Phi) is 5.36. The fraction of sp³-hybridized carbons (Fsp3) is 0.533. The minimum Gasteiger partial charge on any atom is -0.492 e. The predicted molar refractivity (Wildman–Crippen MR) is 73.6 cm³/mol. The van der Waals surface area contributed by atoms with Gasteiger partial charge in [0.2, 0.25) is 0 Å². The first-order valence-electron chi connectivity index (χ1n) is 6.75. The van der Waals surface area contributed by atoms with E-state index in [-0.39, 0.29) is 5.78 Å². The summed E-state index contributed by atoms with van der Waals surface area (Å²) < 4.78 is 11.0.